The highest BCUT2D eigenvalue weighted by molar-refractivity contribution is 5.81. The molecule has 1 aliphatic rings. The number of rotatable bonds is 6. The summed E-state index contributed by atoms with van der Waals surface area (Å²) in [5.74, 6) is -0.133. The topological polar surface area (TPSA) is 81.7 Å². The van der Waals surface area contributed by atoms with Crippen molar-refractivity contribution in [2.75, 3.05) is 26.7 Å². The van der Waals surface area contributed by atoms with Gasteiger partial charge in [0, 0.05) is 12.6 Å². The molecule has 1 saturated carbocycles. The zero-order valence-corrected chi connectivity index (χ0v) is 11.8. The molecule has 1 aliphatic carbocycles. The lowest BCUT2D eigenvalue weighted by Crippen LogP contribution is -2.45. The maximum absolute atomic E-state index is 11.8. The Morgan fingerprint density at radius 1 is 1.16 bits per heavy atom. The summed E-state index contributed by atoms with van der Waals surface area (Å²) in [6.07, 6.45) is 2.94. The van der Waals surface area contributed by atoms with Crippen LogP contribution in [0.3, 0.4) is 0 Å². The van der Waals surface area contributed by atoms with Crippen LogP contribution in [0.15, 0.2) is 0 Å². The first-order chi connectivity index (χ1) is 9.01. The summed E-state index contributed by atoms with van der Waals surface area (Å²) < 4.78 is 0. The lowest BCUT2D eigenvalue weighted by atomic mass is 9.93. The van der Waals surface area contributed by atoms with Crippen molar-refractivity contribution in [3.05, 3.63) is 0 Å². The summed E-state index contributed by atoms with van der Waals surface area (Å²) >= 11 is 0. The Morgan fingerprint density at radius 2 is 1.74 bits per heavy atom. The Bertz CT molecular complexity index is 302. The predicted octanol–water partition coefficient (Wildman–Crippen LogP) is -0.526. The standard InChI is InChI=1S/C13H25N3O3/c1-3-14-12(18)8-16(2)9-13(19)15-10-4-6-11(17)7-5-10/h10-11,17H,3-9H2,1-2H3,(H,14,18)(H,15,19). The number of aliphatic hydroxyl groups excluding tert-OH is 1. The van der Waals surface area contributed by atoms with Gasteiger partial charge in [0.15, 0.2) is 0 Å². The molecule has 0 aliphatic heterocycles. The van der Waals surface area contributed by atoms with E-state index in [1.807, 2.05) is 6.92 Å². The van der Waals surface area contributed by atoms with E-state index >= 15 is 0 Å². The summed E-state index contributed by atoms with van der Waals surface area (Å²) in [6.45, 7) is 2.91. The first-order valence-corrected chi connectivity index (χ1v) is 6.94. The fraction of sp³-hybridized carbons (Fsp3) is 0.846. The summed E-state index contributed by atoms with van der Waals surface area (Å²) in [6, 6.07) is 0.161. The molecule has 1 rings (SSSR count). The van der Waals surface area contributed by atoms with Crippen LogP contribution in [0.2, 0.25) is 0 Å². The van der Waals surface area contributed by atoms with Crippen molar-refractivity contribution in [1.29, 1.82) is 0 Å². The van der Waals surface area contributed by atoms with Crippen LogP contribution in [-0.2, 0) is 9.59 Å². The van der Waals surface area contributed by atoms with Gasteiger partial charge in [0.05, 0.1) is 19.2 Å². The third kappa shape index (κ3) is 6.54. The van der Waals surface area contributed by atoms with E-state index in [-0.39, 0.29) is 37.0 Å². The molecule has 0 spiro atoms. The number of nitrogens with zero attached hydrogens (tertiary/aromatic N) is 1. The van der Waals surface area contributed by atoms with E-state index in [0.717, 1.165) is 25.7 Å². The van der Waals surface area contributed by atoms with E-state index < -0.39 is 0 Å². The van der Waals surface area contributed by atoms with Crippen molar-refractivity contribution >= 4 is 11.8 Å². The van der Waals surface area contributed by atoms with Gasteiger partial charge in [0.1, 0.15) is 0 Å². The second-order valence-corrected chi connectivity index (χ2v) is 5.20. The molecule has 0 aromatic rings. The number of carbonyl (C=O) groups is 2. The molecule has 2 amide bonds. The normalized spacial score (nSPS) is 23.2. The molecular formula is C13H25N3O3. The highest BCUT2D eigenvalue weighted by atomic mass is 16.3. The van der Waals surface area contributed by atoms with Crippen molar-refractivity contribution in [3.63, 3.8) is 0 Å². The van der Waals surface area contributed by atoms with E-state index in [1.165, 1.54) is 0 Å². The van der Waals surface area contributed by atoms with Gasteiger partial charge in [-0.3, -0.25) is 14.5 Å². The van der Waals surface area contributed by atoms with Crippen molar-refractivity contribution in [2.24, 2.45) is 0 Å². The van der Waals surface area contributed by atoms with Gasteiger partial charge in [0.25, 0.3) is 0 Å². The van der Waals surface area contributed by atoms with E-state index in [2.05, 4.69) is 10.6 Å². The molecule has 0 radical (unpaired) electrons. The van der Waals surface area contributed by atoms with Crippen LogP contribution in [-0.4, -0.2) is 60.6 Å². The van der Waals surface area contributed by atoms with E-state index in [9.17, 15) is 14.7 Å². The van der Waals surface area contributed by atoms with E-state index in [1.54, 1.807) is 11.9 Å². The van der Waals surface area contributed by atoms with Gasteiger partial charge in [-0.15, -0.1) is 0 Å². The van der Waals surface area contributed by atoms with Gasteiger partial charge < -0.3 is 15.7 Å². The fourth-order valence-corrected chi connectivity index (χ4v) is 2.29. The van der Waals surface area contributed by atoms with Crippen LogP contribution in [0.1, 0.15) is 32.6 Å². The molecule has 0 aromatic heterocycles. The van der Waals surface area contributed by atoms with Crippen molar-refractivity contribution in [3.8, 4) is 0 Å². The Labute approximate surface area is 114 Å². The summed E-state index contributed by atoms with van der Waals surface area (Å²) in [5, 5.41) is 15.0. The number of nitrogens with one attached hydrogen (secondary N) is 2. The van der Waals surface area contributed by atoms with Crippen LogP contribution >= 0.6 is 0 Å². The molecule has 3 N–H and O–H groups in total. The molecule has 0 heterocycles. The zero-order chi connectivity index (χ0) is 14.3. The number of hydrogen-bond acceptors (Lipinski definition) is 4. The third-order valence-electron chi connectivity index (χ3n) is 3.26. The molecule has 0 aromatic carbocycles. The average molecular weight is 271 g/mol. The first-order valence-electron chi connectivity index (χ1n) is 6.94. The lowest BCUT2D eigenvalue weighted by Gasteiger charge is -2.27. The van der Waals surface area contributed by atoms with Crippen LogP contribution < -0.4 is 10.6 Å². The molecule has 6 nitrogen and oxygen atoms in total. The van der Waals surface area contributed by atoms with Crippen molar-refractivity contribution in [1.82, 2.24) is 15.5 Å². The number of amides is 2. The van der Waals surface area contributed by atoms with Crippen molar-refractivity contribution < 1.29 is 14.7 Å². The molecule has 110 valence electrons. The lowest BCUT2D eigenvalue weighted by molar-refractivity contribution is -0.125. The number of carbonyl (C=O) groups excluding carboxylic acids is 2. The second kappa shape index (κ2) is 8.12. The molecule has 0 bridgehead atoms. The molecular weight excluding hydrogens is 246 g/mol. The maximum atomic E-state index is 11.8. The highest BCUT2D eigenvalue weighted by Gasteiger charge is 2.21. The molecule has 0 saturated heterocycles. The van der Waals surface area contributed by atoms with Gasteiger partial charge in [-0.25, -0.2) is 0 Å². The minimum absolute atomic E-state index is 0.0619. The predicted molar refractivity (Wildman–Crippen MR) is 72.6 cm³/mol. The molecule has 0 unspecified atom stereocenters. The first kappa shape index (κ1) is 15.9. The van der Waals surface area contributed by atoms with Gasteiger partial charge >= 0.3 is 0 Å². The zero-order valence-electron chi connectivity index (χ0n) is 11.8. The Kier molecular flexibility index (Phi) is 6.80. The summed E-state index contributed by atoms with van der Waals surface area (Å²) in [7, 11) is 1.75. The van der Waals surface area contributed by atoms with Gasteiger partial charge in [0.2, 0.25) is 11.8 Å². The van der Waals surface area contributed by atoms with Crippen LogP contribution in [0.25, 0.3) is 0 Å². The monoisotopic (exact) mass is 271 g/mol. The fourth-order valence-electron chi connectivity index (χ4n) is 2.29. The van der Waals surface area contributed by atoms with E-state index in [4.69, 9.17) is 0 Å². The quantitative estimate of drug-likeness (QED) is 0.607. The van der Waals surface area contributed by atoms with Crippen LogP contribution in [0.5, 0.6) is 0 Å². The molecule has 19 heavy (non-hydrogen) atoms. The molecule has 6 heteroatoms. The average Bonchev–Trinajstić information content (AvgIpc) is 2.32. The summed E-state index contributed by atoms with van der Waals surface area (Å²) in [4.78, 5) is 24.8. The number of likely N-dealkylation sites (N-methyl/N-ethyl adjacent to an activating group) is 2. The third-order valence-corrected chi connectivity index (χ3v) is 3.26. The Morgan fingerprint density at radius 3 is 2.32 bits per heavy atom. The molecule has 0 atom stereocenters. The minimum atomic E-state index is -0.214. The highest BCUT2D eigenvalue weighted by Crippen LogP contribution is 2.18. The Hall–Kier alpha value is -1.14. The van der Waals surface area contributed by atoms with Gasteiger partial charge in [-0.1, -0.05) is 0 Å². The SMILES string of the molecule is CCNC(=O)CN(C)CC(=O)NC1CCC(O)CC1. The smallest absolute Gasteiger partial charge is 0.234 e. The van der Waals surface area contributed by atoms with Gasteiger partial charge in [-0.05, 0) is 39.7 Å². The van der Waals surface area contributed by atoms with Crippen LogP contribution in [0, 0.1) is 0 Å². The number of hydrogen-bond donors (Lipinski definition) is 3. The van der Waals surface area contributed by atoms with E-state index in [0.29, 0.717) is 6.54 Å². The summed E-state index contributed by atoms with van der Waals surface area (Å²) in [5.41, 5.74) is 0. The van der Waals surface area contributed by atoms with Crippen molar-refractivity contribution in [2.45, 2.75) is 44.8 Å². The van der Waals surface area contributed by atoms with Crippen LogP contribution in [0.4, 0.5) is 0 Å². The number of aliphatic hydroxyl groups is 1. The second-order valence-electron chi connectivity index (χ2n) is 5.20. The minimum Gasteiger partial charge on any atom is -0.393 e. The Balaban J connectivity index is 2.21. The van der Waals surface area contributed by atoms with Gasteiger partial charge in [-0.2, -0.15) is 0 Å². The largest absolute Gasteiger partial charge is 0.393 e. The maximum Gasteiger partial charge on any atom is 0.234 e. The molecule has 1 fully saturated rings.